The van der Waals surface area contributed by atoms with Crippen LogP contribution in [0.5, 0.6) is 0 Å². The van der Waals surface area contributed by atoms with Crippen molar-refractivity contribution in [3.8, 4) is 0 Å². The Balaban J connectivity index is 2.85. The maximum Gasteiger partial charge on any atom is 0.326 e. The van der Waals surface area contributed by atoms with E-state index in [0.29, 0.717) is 5.69 Å². The van der Waals surface area contributed by atoms with E-state index in [1.165, 1.54) is 12.5 Å². The van der Waals surface area contributed by atoms with Crippen LogP contribution in [0.2, 0.25) is 0 Å². The number of aliphatic carboxylic acids is 2. The quantitative estimate of drug-likeness (QED) is 0.105. The summed E-state index contributed by atoms with van der Waals surface area (Å²) < 4.78 is 0. The molecular weight excluding hydrogens is 470 g/mol. The Morgan fingerprint density at radius 3 is 2.03 bits per heavy atom. The molecule has 4 amide bonds. The molecule has 0 bridgehead atoms. The number of carbonyl (C=O) groups is 6. The summed E-state index contributed by atoms with van der Waals surface area (Å²) in [7, 11) is 0. The second-order valence-electron chi connectivity index (χ2n) is 7.53. The largest absolute Gasteiger partial charge is 0.481 e. The number of carboxylic acids is 2. The molecule has 194 valence electrons. The molecule has 0 aliphatic heterocycles. The van der Waals surface area contributed by atoms with Gasteiger partial charge in [-0.2, -0.15) is 0 Å². The summed E-state index contributed by atoms with van der Waals surface area (Å²) >= 11 is 0. The third kappa shape index (κ3) is 10.6. The zero-order chi connectivity index (χ0) is 26.5. The van der Waals surface area contributed by atoms with E-state index in [2.05, 4.69) is 25.9 Å². The molecule has 0 aliphatic rings. The lowest BCUT2D eigenvalue weighted by Gasteiger charge is -2.24. The van der Waals surface area contributed by atoms with Crippen LogP contribution in [0.15, 0.2) is 12.5 Å². The minimum atomic E-state index is -1.60. The van der Waals surface area contributed by atoms with Gasteiger partial charge in [-0.25, -0.2) is 9.78 Å². The second-order valence-corrected chi connectivity index (χ2v) is 7.53. The van der Waals surface area contributed by atoms with Gasteiger partial charge in [0.15, 0.2) is 0 Å². The number of nitrogens with one attached hydrogen (secondary N) is 4. The van der Waals surface area contributed by atoms with Gasteiger partial charge >= 0.3 is 11.9 Å². The fourth-order valence-corrected chi connectivity index (χ4v) is 2.80. The Kier molecular flexibility index (Phi) is 11.8. The number of aliphatic hydroxyl groups excluding tert-OH is 1. The normalized spacial score (nSPS) is 14.1. The van der Waals surface area contributed by atoms with Gasteiger partial charge in [-0.3, -0.25) is 24.0 Å². The van der Waals surface area contributed by atoms with Crippen molar-refractivity contribution in [2.45, 2.75) is 56.3 Å². The van der Waals surface area contributed by atoms with Crippen molar-refractivity contribution in [2.24, 2.45) is 11.5 Å². The van der Waals surface area contributed by atoms with Crippen molar-refractivity contribution in [1.82, 2.24) is 25.9 Å². The molecule has 1 heterocycles. The molecule has 16 heteroatoms. The molecule has 0 saturated carbocycles. The summed E-state index contributed by atoms with van der Waals surface area (Å²) in [5, 5.41) is 34.2. The number of imidazole rings is 1. The number of aromatic nitrogens is 2. The van der Waals surface area contributed by atoms with Crippen LogP contribution in [0.3, 0.4) is 0 Å². The summed E-state index contributed by atoms with van der Waals surface area (Å²) in [5.74, 6) is -6.23. The molecule has 0 aliphatic carbocycles. The minimum Gasteiger partial charge on any atom is -0.481 e. The molecule has 16 nitrogen and oxygen atoms in total. The second kappa shape index (κ2) is 14.3. The van der Waals surface area contributed by atoms with Crippen molar-refractivity contribution in [1.29, 1.82) is 0 Å². The first kappa shape index (κ1) is 29.0. The smallest absolute Gasteiger partial charge is 0.326 e. The SMILES string of the molecule is NC(=O)CCC(NC(=O)C(N)CCC(=O)O)C(=O)NC(CO)C(=O)NC(Cc1cnc[nH]1)C(=O)O. The number of aromatic amines is 1. The lowest BCUT2D eigenvalue weighted by atomic mass is 10.1. The zero-order valence-corrected chi connectivity index (χ0v) is 18.6. The number of rotatable bonds is 16. The van der Waals surface area contributed by atoms with E-state index in [4.69, 9.17) is 16.6 Å². The summed E-state index contributed by atoms with van der Waals surface area (Å²) in [5.41, 5.74) is 11.1. The van der Waals surface area contributed by atoms with E-state index in [0.717, 1.165) is 0 Å². The first-order valence-corrected chi connectivity index (χ1v) is 10.4. The molecule has 1 aromatic rings. The molecule has 0 aromatic carbocycles. The van der Waals surface area contributed by atoms with Crippen LogP contribution in [0.4, 0.5) is 0 Å². The predicted molar refractivity (Wildman–Crippen MR) is 116 cm³/mol. The van der Waals surface area contributed by atoms with E-state index >= 15 is 0 Å². The highest BCUT2D eigenvalue weighted by Gasteiger charge is 2.30. The molecule has 1 aromatic heterocycles. The van der Waals surface area contributed by atoms with E-state index < -0.39 is 72.8 Å². The Morgan fingerprint density at radius 2 is 1.51 bits per heavy atom. The highest BCUT2D eigenvalue weighted by Crippen LogP contribution is 2.03. The van der Waals surface area contributed by atoms with Crippen molar-refractivity contribution in [3.05, 3.63) is 18.2 Å². The molecule has 0 spiro atoms. The Morgan fingerprint density at radius 1 is 0.914 bits per heavy atom. The molecule has 0 saturated heterocycles. The fraction of sp³-hybridized carbons (Fsp3) is 0.526. The third-order valence-corrected chi connectivity index (χ3v) is 4.73. The van der Waals surface area contributed by atoms with Gasteiger partial charge < -0.3 is 47.7 Å². The maximum absolute atomic E-state index is 12.7. The van der Waals surface area contributed by atoms with Gasteiger partial charge in [0.25, 0.3) is 0 Å². The number of nitrogens with zero attached hydrogens (tertiary/aromatic N) is 1. The van der Waals surface area contributed by atoms with Gasteiger partial charge in [-0.15, -0.1) is 0 Å². The van der Waals surface area contributed by atoms with Gasteiger partial charge in [-0.1, -0.05) is 0 Å². The fourth-order valence-electron chi connectivity index (χ4n) is 2.80. The highest BCUT2D eigenvalue weighted by molar-refractivity contribution is 5.94. The van der Waals surface area contributed by atoms with E-state index in [9.17, 15) is 39.0 Å². The van der Waals surface area contributed by atoms with Crippen LogP contribution in [-0.2, 0) is 35.2 Å². The number of hydrogen-bond donors (Lipinski definition) is 9. The Bertz CT molecular complexity index is 906. The van der Waals surface area contributed by atoms with Crippen LogP contribution in [0, 0.1) is 0 Å². The first-order chi connectivity index (χ1) is 16.4. The van der Waals surface area contributed by atoms with Gasteiger partial charge in [0.1, 0.15) is 18.1 Å². The summed E-state index contributed by atoms with van der Waals surface area (Å²) in [6, 6.07) is -5.69. The van der Waals surface area contributed by atoms with Crippen molar-refractivity contribution in [2.75, 3.05) is 6.61 Å². The van der Waals surface area contributed by atoms with E-state index in [-0.39, 0.29) is 25.7 Å². The average Bonchev–Trinajstić information content (AvgIpc) is 3.30. The van der Waals surface area contributed by atoms with Crippen LogP contribution in [-0.4, -0.2) is 91.6 Å². The number of amides is 4. The Hall–Kier alpha value is -4.05. The minimum absolute atomic E-state index is 0.154. The number of carboxylic acid groups (broad SMARTS) is 2. The van der Waals surface area contributed by atoms with Crippen molar-refractivity contribution >= 4 is 35.6 Å². The van der Waals surface area contributed by atoms with Gasteiger partial charge in [0.2, 0.25) is 23.6 Å². The van der Waals surface area contributed by atoms with Crippen LogP contribution in [0.1, 0.15) is 31.4 Å². The monoisotopic (exact) mass is 499 g/mol. The highest BCUT2D eigenvalue weighted by atomic mass is 16.4. The summed E-state index contributed by atoms with van der Waals surface area (Å²) in [6.07, 6.45) is 1.29. The van der Waals surface area contributed by atoms with Crippen LogP contribution < -0.4 is 27.4 Å². The molecule has 0 fully saturated rings. The maximum atomic E-state index is 12.7. The van der Waals surface area contributed by atoms with Crippen LogP contribution in [0.25, 0.3) is 0 Å². The number of H-pyrrole nitrogens is 1. The summed E-state index contributed by atoms with van der Waals surface area (Å²) in [4.78, 5) is 77.2. The van der Waals surface area contributed by atoms with Gasteiger partial charge in [0, 0.05) is 31.2 Å². The number of carbonyl (C=O) groups excluding carboxylic acids is 4. The number of hydrogen-bond acceptors (Lipinski definition) is 9. The molecule has 4 unspecified atom stereocenters. The third-order valence-electron chi connectivity index (χ3n) is 4.73. The molecular formula is C19H29N7O9. The topological polar surface area (TPSA) is 280 Å². The zero-order valence-electron chi connectivity index (χ0n) is 18.6. The predicted octanol–water partition coefficient (Wildman–Crippen LogP) is -4.06. The summed E-state index contributed by atoms with van der Waals surface area (Å²) in [6.45, 7) is -0.914. The molecule has 11 N–H and O–H groups in total. The van der Waals surface area contributed by atoms with Gasteiger partial charge in [-0.05, 0) is 12.8 Å². The lowest BCUT2D eigenvalue weighted by molar-refractivity contribution is -0.142. The van der Waals surface area contributed by atoms with Crippen LogP contribution >= 0.6 is 0 Å². The molecule has 0 radical (unpaired) electrons. The average molecular weight is 499 g/mol. The molecule has 1 rings (SSSR count). The standard InChI is InChI=1S/C19H29N7O9/c20-10(1-4-15(29)30)16(31)24-11(2-3-14(21)28)17(32)26-13(7-27)18(33)25-12(19(34)35)5-9-6-22-8-23-9/h6,8,10-13,27H,1-5,7,20H2,(H2,21,28)(H,22,23)(H,24,31)(H,25,33)(H,26,32)(H,29,30)(H,34,35). The van der Waals surface area contributed by atoms with Crippen molar-refractivity contribution < 1.29 is 44.1 Å². The number of primary amides is 1. The van der Waals surface area contributed by atoms with Crippen molar-refractivity contribution in [3.63, 3.8) is 0 Å². The van der Waals surface area contributed by atoms with E-state index in [1.54, 1.807) is 0 Å². The Labute approximate surface area is 198 Å². The van der Waals surface area contributed by atoms with Gasteiger partial charge in [0.05, 0.1) is 19.0 Å². The first-order valence-electron chi connectivity index (χ1n) is 10.4. The van der Waals surface area contributed by atoms with E-state index in [1.807, 2.05) is 0 Å². The molecule has 35 heavy (non-hydrogen) atoms. The number of aliphatic hydroxyl groups is 1. The lowest BCUT2D eigenvalue weighted by Crippen LogP contribution is -2.58. The number of nitrogens with two attached hydrogens (primary N) is 2. The molecule has 4 atom stereocenters.